The van der Waals surface area contributed by atoms with Crippen LogP contribution in [0.3, 0.4) is 0 Å². The number of rotatable bonds is 7. The van der Waals surface area contributed by atoms with Gasteiger partial charge in [0, 0.05) is 11.4 Å². The first-order valence-electron chi connectivity index (χ1n) is 6.78. The van der Waals surface area contributed by atoms with Crippen molar-refractivity contribution in [1.29, 1.82) is 0 Å². The van der Waals surface area contributed by atoms with Gasteiger partial charge in [0.1, 0.15) is 5.82 Å². The van der Waals surface area contributed by atoms with Crippen LogP contribution in [0.4, 0.5) is 4.39 Å². The molecule has 2 rings (SSSR count). The molecule has 0 aliphatic carbocycles. The summed E-state index contributed by atoms with van der Waals surface area (Å²) in [5, 5.41) is 5.52. The van der Waals surface area contributed by atoms with Crippen LogP contribution in [0.2, 0.25) is 0 Å². The van der Waals surface area contributed by atoms with E-state index in [1.165, 1.54) is 10.4 Å². The molecule has 19 heavy (non-hydrogen) atoms. The first kappa shape index (κ1) is 14.2. The maximum Gasteiger partial charge on any atom is 0.123 e. The summed E-state index contributed by atoms with van der Waals surface area (Å²) in [4.78, 5) is 1.42. The summed E-state index contributed by atoms with van der Waals surface area (Å²) in [7, 11) is 0. The third-order valence-corrected chi connectivity index (χ3v) is 4.24. The van der Waals surface area contributed by atoms with Crippen LogP contribution in [-0.4, -0.2) is 13.1 Å². The van der Waals surface area contributed by atoms with Crippen molar-refractivity contribution in [2.24, 2.45) is 0 Å². The van der Waals surface area contributed by atoms with Gasteiger partial charge in [-0.3, -0.25) is 0 Å². The molecule has 1 atom stereocenters. The molecule has 0 spiro atoms. The highest BCUT2D eigenvalue weighted by atomic mass is 32.1. The van der Waals surface area contributed by atoms with Crippen molar-refractivity contribution in [3.63, 3.8) is 0 Å². The molecule has 0 amide bonds. The Kier molecular flexibility index (Phi) is 5.55. The number of benzene rings is 1. The van der Waals surface area contributed by atoms with Crippen LogP contribution in [-0.2, 0) is 6.42 Å². The van der Waals surface area contributed by atoms with Gasteiger partial charge >= 0.3 is 0 Å². The molecular weight excluding hydrogens is 257 g/mol. The summed E-state index contributed by atoms with van der Waals surface area (Å²) in [5.41, 5.74) is 1.22. The molecule has 1 aromatic heterocycles. The van der Waals surface area contributed by atoms with Crippen molar-refractivity contribution in [2.75, 3.05) is 13.1 Å². The van der Waals surface area contributed by atoms with Crippen molar-refractivity contribution >= 4 is 11.3 Å². The molecule has 1 N–H and O–H groups in total. The Balaban J connectivity index is 2.00. The Hall–Kier alpha value is -1.19. The number of thiophene rings is 1. The molecule has 1 unspecified atom stereocenters. The second kappa shape index (κ2) is 7.41. The number of aryl methyl sites for hydroxylation is 1. The molecule has 2 aromatic rings. The fraction of sp³-hybridized carbons (Fsp3) is 0.375. The summed E-state index contributed by atoms with van der Waals surface area (Å²) in [6.07, 6.45) is 2.18. The van der Waals surface area contributed by atoms with Gasteiger partial charge in [-0.15, -0.1) is 11.3 Å². The number of likely N-dealkylation sites (N-methyl/N-ethyl adjacent to an activating group) is 1. The lowest BCUT2D eigenvalue weighted by atomic mass is 9.93. The van der Waals surface area contributed by atoms with Crippen molar-refractivity contribution in [3.05, 3.63) is 58.0 Å². The minimum Gasteiger partial charge on any atom is -0.316 e. The van der Waals surface area contributed by atoms with E-state index in [0.717, 1.165) is 25.9 Å². The number of hydrogen-bond donors (Lipinski definition) is 1. The molecule has 3 heteroatoms. The zero-order chi connectivity index (χ0) is 13.5. The molecule has 0 saturated heterocycles. The van der Waals surface area contributed by atoms with Crippen molar-refractivity contribution in [1.82, 2.24) is 5.32 Å². The zero-order valence-electron chi connectivity index (χ0n) is 11.2. The van der Waals surface area contributed by atoms with Crippen molar-refractivity contribution < 1.29 is 4.39 Å². The zero-order valence-corrected chi connectivity index (χ0v) is 12.0. The first-order valence-corrected chi connectivity index (χ1v) is 7.66. The third kappa shape index (κ3) is 4.44. The highest BCUT2D eigenvalue weighted by molar-refractivity contribution is 7.09. The van der Waals surface area contributed by atoms with Gasteiger partial charge in [-0.25, -0.2) is 4.39 Å². The molecule has 0 radical (unpaired) electrons. The summed E-state index contributed by atoms with van der Waals surface area (Å²) in [5.74, 6) is 0.284. The molecule has 102 valence electrons. The predicted octanol–water partition coefficient (Wildman–Crippen LogP) is 4.21. The summed E-state index contributed by atoms with van der Waals surface area (Å²) < 4.78 is 13.0. The SMILES string of the molecule is CCNCC(CCc1cccs1)c1ccc(F)cc1. The van der Waals surface area contributed by atoms with Crippen LogP contribution in [0, 0.1) is 5.82 Å². The van der Waals surface area contributed by atoms with Crippen LogP contribution in [0.15, 0.2) is 41.8 Å². The lowest BCUT2D eigenvalue weighted by Gasteiger charge is -2.17. The summed E-state index contributed by atoms with van der Waals surface area (Å²) in [6.45, 7) is 4.03. The van der Waals surface area contributed by atoms with Gasteiger partial charge in [-0.05, 0) is 54.4 Å². The normalized spacial score (nSPS) is 12.5. The number of nitrogens with one attached hydrogen (secondary N) is 1. The Morgan fingerprint density at radius 3 is 2.63 bits per heavy atom. The molecule has 0 saturated carbocycles. The van der Waals surface area contributed by atoms with E-state index in [4.69, 9.17) is 0 Å². The fourth-order valence-electron chi connectivity index (χ4n) is 2.21. The van der Waals surface area contributed by atoms with Gasteiger partial charge in [0.2, 0.25) is 0 Å². The monoisotopic (exact) mass is 277 g/mol. The Labute approximate surface area is 118 Å². The maximum atomic E-state index is 13.0. The molecule has 1 nitrogen and oxygen atoms in total. The topological polar surface area (TPSA) is 12.0 Å². The number of halogens is 1. The van der Waals surface area contributed by atoms with Crippen LogP contribution < -0.4 is 5.32 Å². The van der Waals surface area contributed by atoms with E-state index in [9.17, 15) is 4.39 Å². The van der Waals surface area contributed by atoms with E-state index < -0.39 is 0 Å². The molecule has 0 bridgehead atoms. The van der Waals surface area contributed by atoms with Gasteiger partial charge in [0.05, 0.1) is 0 Å². The van der Waals surface area contributed by atoms with Gasteiger partial charge in [0.25, 0.3) is 0 Å². The van der Waals surface area contributed by atoms with Gasteiger partial charge in [-0.2, -0.15) is 0 Å². The highest BCUT2D eigenvalue weighted by Gasteiger charge is 2.11. The van der Waals surface area contributed by atoms with Crippen LogP contribution >= 0.6 is 11.3 Å². The molecule has 1 heterocycles. The van der Waals surface area contributed by atoms with E-state index in [1.54, 1.807) is 23.5 Å². The standard InChI is InChI=1S/C16H20FNS/c1-2-18-12-14(7-10-16-4-3-11-19-16)13-5-8-15(17)9-6-13/h3-6,8-9,11,14,18H,2,7,10,12H2,1H3. The van der Waals surface area contributed by atoms with E-state index in [1.807, 2.05) is 12.1 Å². The van der Waals surface area contributed by atoms with Crippen molar-refractivity contribution in [2.45, 2.75) is 25.7 Å². The molecule has 0 aliphatic rings. The van der Waals surface area contributed by atoms with Gasteiger partial charge < -0.3 is 5.32 Å². The summed E-state index contributed by atoms with van der Waals surface area (Å²) in [6, 6.07) is 11.2. The molecule has 0 aliphatic heterocycles. The maximum absolute atomic E-state index is 13.0. The predicted molar refractivity (Wildman–Crippen MR) is 80.3 cm³/mol. The second-order valence-electron chi connectivity index (χ2n) is 4.67. The Bertz CT molecular complexity index is 464. The van der Waals surface area contributed by atoms with Crippen LogP contribution in [0.25, 0.3) is 0 Å². The third-order valence-electron chi connectivity index (χ3n) is 3.30. The lowest BCUT2D eigenvalue weighted by molar-refractivity contribution is 0.561. The quantitative estimate of drug-likeness (QED) is 0.799. The second-order valence-corrected chi connectivity index (χ2v) is 5.71. The van der Waals surface area contributed by atoms with Crippen LogP contribution in [0.1, 0.15) is 29.7 Å². The largest absolute Gasteiger partial charge is 0.316 e. The fourth-order valence-corrected chi connectivity index (χ4v) is 2.94. The minimum atomic E-state index is -0.163. The van der Waals surface area contributed by atoms with Gasteiger partial charge in [0.15, 0.2) is 0 Å². The molecule has 0 fully saturated rings. The first-order chi connectivity index (χ1) is 9.29. The summed E-state index contributed by atoms with van der Waals surface area (Å²) >= 11 is 1.81. The minimum absolute atomic E-state index is 0.163. The van der Waals surface area contributed by atoms with E-state index in [0.29, 0.717) is 5.92 Å². The van der Waals surface area contributed by atoms with E-state index >= 15 is 0 Å². The average Bonchev–Trinajstić information content (AvgIpc) is 2.93. The van der Waals surface area contributed by atoms with Crippen molar-refractivity contribution in [3.8, 4) is 0 Å². The highest BCUT2D eigenvalue weighted by Crippen LogP contribution is 2.23. The Morgan fingerprint density at radius 2 is 2.00 bits per heavy atom. The lowest BCUT2D eigenvalue weighted by Crippen LogP contribution is -2.21. The van der Waals surface area contributed by atoms with E-state index in [2.05, 4.69) is 29.8 Å². The average molecular weight is 277 g/mol. The number of hydrogen-bond acceptors (Lipinski definition) is 2. The molecular formula is C16H20FNS. The smallest absolute Gasteiger partial charge is 0.123 e. The molecule has 1 aromatic carbocycles. The van der Waals surface area contributed by atoms with Crippen LogP contribution in [0.5, 0.6) is 0 Å². The Morgan fingerprint density at radius 1 is 1.21 bits per heavy atom. The van der Waals surface area contributed by atoms with Gasteiger partial charge in [-0.1, -0.05) is 25.1 Å². The van der Waals surface area contributed by atoms with E-state index in [-0.39, 0.29) is 5.82 Å².